The Morgan fingerprint density at radius 1 is 1.18 bits per heavy atom. The molecule has 6 heteroatoms. The molecule has 2 N–H and O–H groups in total. The van der Waals surface area contributed by atoms with Gasteiger partial charge in [-0.3, -0.25) is 9.59 Å². The topological polar surface area (TPSA) is 61.4 Å². The summed E-state index contributed by atoms with van der Waals surface area (Å²) in [5.41, 5.74) is 3.33. The van der Waals surface area contributed by atoms with Gasteiger partial charge in [-0.2, -0.15) is 0 Å². The number of anilines is 1. The highest BCUT2D eigenvalue weighted by Crippen LogP contribution is 2.25. The van der Waals surface area contributed by atoms with E-state index in [1.54, 1.807) is 18.2 Å². The molecule has 28 heavy (non-hydrogen) atoms. The zero-order valence-corrected chi connectivity index (χ0v) is 15.7. The first-order valence-corrected chi connectivity index (χ1v) is 9.75. The molecule has 2 aromatic carbocycles. The van der Waals surface area contributed by atoms with Crippen LogP contribution in [0.25, 0.3) is 0 Å². The van der Waals surface area contributed by atoms with E-state index in [9.17, 15) is 14.0 Å². The summed E-state index contributed by atoms with van der Waals surface area (Å²) in [7, 11) is 0. The normalized spacial score (nSPS) is 18.6. The molecule has 0 unspecified atom stereocenters. The summed E-state index contributed by atoms with van der Waals surface area (Å²) in [6.45, 7) is 2.97. The van der Waals surface area contributed by atoms with Crippen LogP contribution in [0, 0.1) is 11.7 Å². The molecule has 4 rings (SSSR count). The summed E-state index contributed by atoms with van der Waals surface area (Å²) in [5, 5.41) is 6.09. The third kappa shape index (κ3) is 4.07. The second-order valence-corrected chi connectivity index (χ2v) is 7.50. The smallest absolute Gasteiger partial charge is 0.228 e. The second-order valence-electron chi connectivity index (χ2n) is 7.50. The average Bonchev–Trinajstić information content (AvgIpc) is 3.23. The number of rotatable bonds is 4. The van der Waals surface area contributed by atoms with Crippen molar-refractivity contribution >= 4 is 17.5 Å². The highest BCUT2D eigenvalue weighted by atomic mass is 19.1. The Kier molecular flexibility index (Phi) is 5.39. The van der Waals surface area contributed by atoms with E-state index < -0.39 is 0 Å². The van der Waals surface area contributed by atoms with E-state index in [1.807, 2.05) is 23.1 Å². The van der Waals surface area contributed by atoms with Gasteiger partial charge in [-0.05, 0) is 54.3 Å². The maximum absolute atomic E-state index is 13.7. The Labute approximate surface area is 163 Å². The highest BCUT2D eigenvalue weighted by molar-refractivity contribution is 5.92. The molecule has 0 aromatic heterocycles. The van der Waals surface area contributed by atoms with Crippen LogP contribution >= 0.6 is 0 Å². The van der Waals surface area contributed by atoms with Crippen LogP contribution in [-0.2, 0) is 29.0 Å². The lowest BCUT2D eigenvalue weighted by atomic mass is 9.97. The van der Waals surface area contributed by atoms with Crippen LogP contribution < -0.4 is 10.6 Å². The van der Waals surface area contributed by atoms with Crippen molar-refractivity contribution in [3.05, 3.63) is 65.0 Å². The lowest BCUT2D eigenvalue weighted by Crippen LogP contribution is -2.40. The van der Waals surface area contributed by atoms with E-state index in [1.165, 1.54) is 11.6 Å². The molecule has 2 amide bonds. The van der Waals surface area contributed by atoms with Crippen LogP contribution in [0.5, 0.6) is 0 Å². The van der Waals surface area contributed by atoms with Crippen LogP contribution in [-0.4, -0.2) is 36.3 Å². The minimum absolute atomic E-state index is 0.0109. The van der Waals surface area contributed by atoms with Crippen molar-refractivity contribution in [3.8, 4) is 0 Å². The van der Waals surface area contributed by atoms with Gasteiger partial charge in [0.2, 0.25) is 11.8 Å². The van der Waals surface area contributed by atoms with E-state index in [0.29, 0.717) is 17.8 Å². The van der Waals surface area contributed by atoms with Gasteiger partial charge in [0.15, 0.2) is 0 Å². The molecule has 0 spiro atoms. The molecular formula is C22H24FN3O2. The van der Waals surface area contributed by atoms with E-state index >= 15 is 0 Å². The predicted octanol–water partition coefficient (Wildman–Crippen LogP) is 2.50. The average molecular weight is 381 g/mol. The van der Waals surface area contributed by atoms with Gasteiger partial charge in [0.1, 0.15) is 5.82 Å². The summed E-state index contributed by atoms with van der Waals surface area (Å²) in [6, 6.07) is 12.1. The van der Waals surface area contributed by atoms with Gasteiger partial charge < -0.3 is 15.5 Å². The maximum Gasteiger partial charge on any atom is 0.228 e. The Morgan fingerprint density at radius 3 is 2.82 bits per heavy atom. The van der Waals surface area contributed by atoms with E-state index in [2.05, 4.69) is 10.6 Å². The molecule has 1 atom stereocenters. The van der Waals surface area contributed by atoms with Crippen LogP contribution in [0.3, 0.4) is 0 Å². The minimum Gasteiger partial charge on any atom is -0.338 e. The zero-order chi connectivity index (χ0) is 19.5. The van der Waals surface area contributed by atoms with Gasteiger partial charge in [-0.25, -0.2) is 4.39 Å². The van der Waals surface area contributed by atoms with Gasteiger partial charge >= 0.3 is 0 Å². The molecule has 0 aliphatic carbocycles. The number of amides is 2. The standard InChI is InChI=1S/C22H24FN3O2/c23-20-4-2-1-3-16(20)12-21(27)25-19-6-5-15-8-10-26(14-18(15)11-19)22(28)17-7-9-24-13-17/h1-6,11,17,24H,7-10,12-14H2,(H,25,27)/t17-/m0/s1. The number of carbonyl (C=O) groups excluding carboxylic acids is 2. The Hall–Kier alpha value is -2.73. The van der Waals surface area contributed by atoms with E-state index in [0.717, 1.165) is 38.0 Å². The van der Waals surface area contributed by atoms with Crippen molar-refractivity contribution in [2.45, 2.75) is 25.8 Å². The number of hydrogen-bond donors (Lipinski definition) is 2. The molecular weight excluding hydrogens is 357 g/mol. The van der Waals surface area contributed by atoms with Gasteiger partial charge in [0.25, 0.3) is 0 Å². The number of hydrogen-bond acceptors (Lipinski definition) is 3. The molecule has 1 saturated heterocycles. The lowest BCUT2D eigenvalue weighted by molar-refractivity contribution is -0.135. The monoisotopic (exact) mass is 381 g/mol. The zero-order valence-electron chi connectivity index (χ0n) is 15.7. The van der Waals surface area contributed by atoms with Crippen LogP contribution in [0.1, 0.15) is 23.1 Å². The molecule has 0 saturated carbocycles. The first kappa shape index (κ1) is 18.6. The first-order valence-electron chi connectivity index (χ1n) is 9.75. The number of fused-ring (bicyclic) bond motifs is 1. The predicted molar refractivity (Wildman–Crippen MR) is 105 cm³/mol. The fourth-order valence-corrected chi connectivity index (χ4v) is 3.97. The maximum atomic E-state index is 13.7. The van der Waals surface area contributed by atoms with Gasteiger partial charge in [0.05, 0.1) is 12.3 Å². The molecule has 1 fully saturated rings. The first-order chi connectivity index (χ1) is 13.6. The summed E-state index contributed by atoms with van der Waals surface area (Å²) in [4.78, 5) is 26.9. The van der Waals surface area contributed by atoms with Crippen LogP contribution in [0.15, 0.2) is 42.5 Å². The minimum atomic E-state index is -0.376. The molecule has 0 bridgehead atoms. The van der Waals surface area contributed by atoms with E-state index in [4.69, 9.17) is 0 Å². The number of halogens is 1. The van der Waals surface area contributed by atoms with Gasteiger partial charge in [0, 0.05) is 25.3 Å². The van der Waals surface area contributed by atoms with Crippen molar-refractivity contribution < 1.29 is 14.0 Å². The van der Waals surface area contributed by atoms with Crippen molar-refractivity contribution in [2.75, 3.05) is 25.0 Å². The van der Waals surface area contributed by atoms with Crippen molar-refractivity contribution in [3.63, 3.8) is 0 Å². The van der Waals surface area contributed by atoms with Crippen LogP contribution in [0.2, 0.25) is 0 Å². The molecule has 2 heterocycles. The summed E-state index contributed by atoms with van der Waals surface area (Å²) < 4.78 is 13.7. The van der Waals surface area contributed by atoms with Crippen molar-refractivity contribution in [2.24, 2.45) is 5.92 Å². The Morgan fingerprint density at radius 2 is 2.04 bits per heavy atom. The van der Waals surface area contributed by atoms with E-state index in [-0.39, 0.29) is 30.0 Å². The molecule has 2 aliphatic rings. The second kappa shape index (κ2) is 8.10. The number of benzene rings is 2. The quantitative estimate of drug-likeness (QED) is 0.856. The molecule has 5 nitrogen and oxygen atoms in total. The largest absolute Gasteiger partial charge is 0.338 e. The fraction of sp³-hybridized carbons (Fsp3) is 0.364. The van der Waals surface area contributed by atoms with Crippen molar-refractivity contribution in [1.29, 1.82) is 0 Å². The molecule has 2 aliphatic heterocycles. The molecule has 0 radical (unpaired) electrons. The van der Waals surface area contributed by atoms with Gasteiger partial charge in [-0.1, -0.05) is 24.3 Å². The van der Waals surface area contributed by atoms with Crippen molar-refractivity contribution in [1.82, 2.24) is 10.2 Å². The Bertz CT molecular complexity index is 893. The highest BCUT2D eigenvalue weighted by Gasteiger charge is 2.29. The fourth-order valence-electron chi connectivity index (χ4n) is 3.97. The SMILES string of the molecule is O=C(Cc1ccccc1F)Nc1ccc2c(c1)CN(C(=O)[C@H]1CCNC1)CC2. The lowest BCUT2D eigenvalue weighted by Gasteiger charge is -2.31. The third-order valence-electron chi connectivity index (χ3n) is 5.53. The third-order valence-corrected chi connectivity index (χ3v) is 5.53. The van der Waals surface area contributed by atoms with Gasteiger partial charge in [-0.15, -0.1) is 0 Å². The van der Waals surface area contributed by atoms with Crippen LogP contribution in [0.4, 0.5) is 10.1 Å². The Balaban J connectivity index is 1.42. The molecule has 146 valence electrons. The molecule has 2 aromatic rings. The summed E-state index contributed by atoms with van der Waals surface area (Å²) in [6.07, 6.45) is 1.71. The summed E-state index contributed by atoms with van der Waals surface area (Å²) >= 11 is 0. The number of nitrogens with zero attached hydrogens (tertiary/aromatic N) is 1. The number of carbonyl (C=O) groups is 2. The summed E-state index contributed by atoms with van der Waals surface area (Å²) in [5.74, 6) is -0.348. The number of nitrogens with one attached hydrogen (secondary N) is 2.